The summed E-state index contributed by atoms with van der Waals surface area (Å²) in [5.41, 5.74) is 1.03. The minimum Gasteiger partial charge on any atom is -0.368 e. The Morgan fingerprint density at radius 2 is 1.84 bits per heavy atom. The van der Waals surface area contributed by atoms with Gasteiger partial charge in [-0.2, -0.15) is 0 Å². The second kappa shape index (κ2) is 7.13. The lowest BCUT2D eigenvalue weighted by Crippen LogP contribution is -2.47. The Kier molecular flexibility index (Phi) is 5.27. The first kappa shape index (κ1) is 18.5. The van der Waals surface area contributed by atoms with Crippen molar-refractivity contribution in [1.82, 2.24) is 0 Å². The van der Waals surface area contributed by atoms with Crippen molar-refractivity contribution in [2.75, 3.05) is 6.61 Å². The lowest BCUT2D eigenvalue weighted by atomic mass is 10.0. The van der Waals surface area contributed by atoms with Gasteiger partial charge in [-0.3, -0.25) is 0 Å². The van der Waals surface area contributed by atoms with E-state index in [2.05, 4.69) is 0 Å². The second-order valence-electron chi connectivity index (χ2n) is 7.33. The molecule has 138 valence electrons. The third-order valence-corrected chi connectivity index (χ3v) is 4.30. The van der Waals surface area contributed by atoms with Crippen LogP contribution in [0.2, 0.25) is 0 Å². The Labute approximate surface area is 148 Å². The molecule has 0 saturated carbocycles. The van der Waals surface area contributed by atoms with E-state index in [9.17, 15) is 4.79 Å². The molecule has 1 aromatic carbocycles. The fraction of sp³-hybridized carbons (Fsp3) is 0.632. The van der Waals surface area contributed by atoms with Gasteiger partial charge in [0.05, 0.1) is 13.2 Å². The molecule has 0 amide bonds. The Morgan fingerprint density at radius 3 is 2.44 bits per heavy atom. The van der Waals surface area contributed by atoms with Crippen LogP contribution in [0.5, 0.6) is 0 Å². The molecule has 25 heavy (non-hydrogen) atoms. The molecular weight excluding hydrogens is 324 g/mol. The molecule has 0 radical (unpaired) electrons. The van der Waals surface area contributed by atoms with Crippen molar-refractivity contribution in [3.05, 3.63) is 35.9 Å². The van der Waals surface area contributed by atoms with Crippen molar-refractivity contribution in [3.63, 3.8) is 0 Å². The van der Waals surface area contributed by atoms with Crippen LogP contribution < -0.4 is 0 Å². The van der Waals surface area contributed by atoms with E-state index in [1.165, 1.54) is 0 Å². The maximum atomic E-state index is 11.5. The van der Waals surface area contributed by atoms with E-state index in [4.69, 9.17) is 23.7 Å². The average molecular weight is 350 g/mol. The molecule has 0 aliphatic carbocycles. The second-order valence-corrected chi connectivity index (χ2v) is 7.33. The number of hydrogen-bond donors (Lipinski definition) is 0. The number of aldehydes is 1. The van der Waals surface area contributed by atoms with Crippen LogP contribution >= 0.6 is 0 Å². The molecule has 0 bridgehead atoms. The molecule has 0 spiro atoms. The van der Waals surface area contributed by atoms with Gasteiger partial charge >= 0.3 is 0 Å². The number of carbonyl (C=O) groups excluding carboxylic acids is 1. The Bertz CT molecular complexity index is 585. The average Bonchev–Trinajstić information content (AvgIpc) is 3.07. The number of rotatable bonds is 6. The molecule has 0 aromatic heterocycles. The lowest BCUT2D eigenvalue weighted by molar-refractivity contribution is -0.190. The van der Waals surface area contributed by atoms with Crippen LogP contribution in [0, 0.1) is 0 Å². The molecular formula is C19H26O6. The Balaban J connectivity index is 1.78. The molecule has 4 atom stereocenters. The highest BCUT2D eigenvalue weighted by molar-refractivity contribution is 5.58. The predicted molar refractivity (Wildman–Crippen MR) is 89.8 cm³/mol. The normalized spacial score (nSPS) is 31.8. The molecule has 6 nitrogen and oxygen atoms in total. The van der Waals surface area contributed by atoms with Crippen molar-refractivity contribution >= 4 is 6.29 Å². The van der Waals surface area contributed by atoms with E-state index >= 15 is 0 Å². The van der Waals surface area contributed by atoms with Crippen LogP contribution in [0.4, 0.5) is 0 Å². The zero-order chi connectivity index (χ0) is 18.1. The largest absolute Gasteiger partial charge is 0.368 e. The standard InChI is InChI=1S/C19H26O6/c1-18(2)22-12-15(24-18)16(21-11-13-8-6-5-7-9-13)17-14(10-20)23-19(3,4)25-17/h5-10,14-17H,11-12H2,1-4H3/t14-,15+,16+,17-/m1/s1. The highest BCUT2D eigenvalue weighted by atomic mass is 16.8. The third kappa shape index (κ3) is 4.46. The Hall–Kier alpha value is -1.31. The zero-order valence-corrected chi connectivity index (χ0v) is 15.1. The molecule has 0 N–H and O–H groups in total. The molecule has 2 aliphatic heterocycles. The molecule has 2 fully saturated rings. The van der Waals surface area contributed by atoms with E-state index in [1.54, 1.807) is 13.8 Å². The summed E-state index contributed by atoms with van der Waals surface area (Å²) in [7, 11) is 0. The monoisotopic (exact) mass is 350 g/mol. The third-order valence-electron chi connectivity index (χ3n) is 4.30. The van der Waals surface area contributed by atoms with E-state index in [0.717, 1.165) is 11.8 Å². The maximum absolute atomic E-state index is 11.5. The van der Waals surface area contributed by atoms with Gasteiger partial charge in [0.1, 0.15) is 24.4 Å². The summed E-state index contributed by atoms with van der Waals surface area (Å²) in [5.74, 6) is -1.54. The van der Waals surface area contributed by atoms with E-state index in [0.29, 0.717) is 13.2 Å². The smallest absolute Gasteiger partial charge is 0.164 e. The molecule has 6 heteroatoms. The molecule has 2 saturated heterocycles. The topological polar surface area (TPSA) is 63.2 Å². The van der Waals surface area contributed by atoms with Crippen molar-refractivity contribution in [1.29, 1.82) is 0 Å². The van der Waals surface area contributed by atoms with Gasteiger partial charge in [-0.1, -0.05) is 30.3 Å². The van der Waals surface area contributed by atoms with Crippen molar-refractivity contribution in [3.8, 4) is 0 Å². The van der Waals surface area contributed by atoms with Crippen LogP contribution in [0.15, 0.2) is 30.3 Å². The first-order valence-electron chi connectivity index (χ1n) is 8.58. The van der Waals surface area contributed by atoms with Gasteiger partial charge in [0.15, 0.2) is 17.9 Å². The minimum atomic E-state index is -0.848. The summed E-state index contributed by atoms with van der Waals surface area (Å²) >= 11 is 0. The number of hydrogen-bond acceptors (Lipinski definition) is 6. The van der Waals surface area contributed by atoms with Gasteiger partial charge < -0.3 is 28.5 Å². The summed E-state index contributed by atoms with van der Waals surface area (Å²) in [6.07, 6.45) is -1.33. The molecule has 1 aromatic rings. The number of ether oxygens (including phenoxy) is 5. The van der Waals surface area contributed by atoms with Gasteiger partial charge in [0.25, 0.3) is 0 Å². The summed E-state index contributed by atoms with van der Waals surface area (Å²) in [6.45, 7) is 8.04. The summed E-state index contributed by atoms with van der Waals surface area (Å²) in [6, 6.07) is 9.84. The molecule has 3 rings (SSSR count). The fourth-order valence-corrected chi connectivity index (χ4v) is 3.23. The van der Waals surface area contributed by atoms with Gasteiger partial charge in [0, 0.05) is 0 Å². The van der Waals surface area contributed by atoms with Crippen LogP contribution in [0.25, 0.3) is 0 Å². The Morgan fingerprint density at radius 1 is 1.12 bits per heavy atom. The molecule has 0 unspecified atom stereocenters. The first-order valence-corrected chi connectivity index (χ1v) is 8.58. The summed E-state index contributed by atoms with van der Waals surface area (Å²) in [5, 5.41) is 0. The van der Waals surface area contributed by atoms with Crippen molar-refractivity contribution in [2.45, 2.75) is 70.3 Å². The van der Waals surface area contributed by atoms with Crippen molar-refractivity contribution in [2.24, 2.45) is 0 Å². The van der Waals surface area contributed by atoms with Gasteiger partial charge in [-0.25, -0.2) is 0 Å². The zero-order valence-electron chi connectivity index (χ0n) is 15.1. The van der Waals surface area contributed by atoms with Crippen LogP contribution in [-0.2, 0) is 35.1 Å². The minimum absolute atomic E-state index is 0.344. The quantitative estimate of drug-likeness (QED) is 0.735. The van der Waals surface area contributed by atoms with Crippen LogP contribution in [-0.4, -0.2) is 48.9 Å². The lowest BCUT2D eigenvalue weighted by Gasteiger charge is -2.30. The van der Waals surface area contributed by atoms with Gasteiger partial charge in [-0.05, 0) is 33.3 Å². The summed E-state index contributed by atoms with van der Waals surface area (Å²) < 4.78 is 29.5. The van der Waals surface area contributed by atoms with Crippen LogP contribution in [0.3, 0.4) is 0 Å². The molecule has 2 aliphatic rings. The highest BCUT2D eigenvalue weighted by Gasteiger charge is 2.51. The fourth-order valence-electron chi connectivity index (χ4n) is 3.23. The first-order chi connectivity index (χ1) is 11.8. The van der Waals surface area contributed by atoms with E-state index < -0.39 is 29.9 Å². The highest BCUT2D eigenvalue weighted by Crippen LogP contribution is 2.35. The summed E-state index contributed by atoms with van der Waals surface area (Å²) in [4.78, 5) is 11.5. The van der Waals surface area contributed by atoms with E-state index in [-0.39, 0.29) is 6.10 Å². The van der Waals surface area contributed by atoms with E-state index in [1.807, 2.05) is 44.2 Å². The predicted octanol–water partition coefficient (Wildman–Crippen LogP) is 2.44. The SMILES string of the molecule is CC1(C)OC[C@@H]([C@H](OCc2ccccc2)[C@@H]2OC(C)(C)O[C@@H]2C=O)O1. The maximum Gasteiger partial charge on any atom is 0.164 e. The number of carbonyl (C=O) groups is 1. The van der Waals surface area contributed by atoms with Gasteiger partial charge in [-0.15, -0.1) is 0 Å². The molecule has 2 heterocycles. The van der Waals surface area contributed by atoms with Crippen molar-refractivity contribution < 1.29 is 28.5 Å². The number of benzene rings is 1. The van der Waals surface area contributed by atoms with Gasteiger partial charge in [0.2, 0.25) is 0 Å². The van der Waals surface area contributed by atoms with Crippen LogP contribution in [0.1, 0.15) is 33.3 Å².